The molecule has 0 amide bonds. The van der Waals surface area contributed by atoms with Crippen LogP contribution in [0.3, 0.4) is 0 Å². The minimum absolute atomic E-state index is 0.0601. The number of benzene rings is 2. The number of phenols is 1. The highest BCUT2D eigenvalue weighted by molar-refractivity contribution is 5.89. The van der Waals surface area contributed by atoms with Crippen LogP contribution in [0, 0.1) is 0 Å². The first-order valence-electron chi connectivity index (χ1n) is 10.1. The predicted octanol–water partition coefficient (Wildman–Crippen LogP) is 0.534. The van der Waals surface area contributed by atoms with Gasteiger partial charge in [0.05, 0.1) is 14.2 Å². The summed E-state index contributed by atoms with van der Waals surface area (Å²) in [6, 6.07) is 11.3. The molecular weight excluding hydrogens is 452 g/mol. The summed E-state index contributed by atoms with van der Waals surface area (Å²) in [6.07, 6.45) is -8.72. The second-order valence-electron chi connectivity index (χ2n) is 7.51. The Morgan fingerprint density at radius 1 is 1.00 bits per heavy atom. The molecule has 34 heavy (non-hydrogen) atoms. The Balaban J connectivity index is 1.78. The Labute approximate surface area is 192 Å². The number of carbonyl (C=O) groups excluding carboxylic acids is 1. The second-order valence-corrected chi connectivity index (χ2v) is 7.51. The Kier molecular flexibility index (Phi) is 6.44. The lowest BCUT2D eigenvalue weighted by molar-refractivity contribution is -0.272. The number of esters is 1. The Hall–Kier alpha value is -3.64. The van der Waals surface area contributed by atoms with Crippen molar-refractivity contribution in [2.24, 2.45) is 0 Å². The average Bonchev–Trinajstić information content (AvgIpc) is 2.84. The Bertz CT molecular complexity index is 1250. The lowest BCUT2D eigenvalue weighted by Gasteiger charge is -2.38. The second kappa shape index (κ2) is 9.31. The van der Waals surface area contributed by atoms with E-state index < -0.39 is 47.9 Å². The number of hydrogen-bond acceptors (Lipinski definition) is 11. The number of methoxy groups -OCH3 is 2. The quantitative estimate of drug-likeness (QED) is 0.381. The van der Waals surface area contributed by atoms with Crippen LogP contribution in [-0.4, -0.2) is 71.3 Å². The molecule has 1 fully saturated rings. The fraction of sp³-hybridized carbons (Fsp3) is 0.304. The van der Waals surface area contributed by atoms with Gasteiger partial charge < -0.3 is 43.8 Å². The molecule has 5 atom stereocenters. The van der Waals surface area contributed by atoms with E-state index in [-0.39, 0.29) is 28.2 Å². The summed E-state index contributed by atoms with van der Waals surface area (Å²) in [5.41, 5.74) is 0.0131. The minimum atomic E-state index is -1.81. The molecule has 4 N–H and O–H groups in total. The van der Waals surface area contributed by atoms with Crippen molar-refractivity contribution in [3.63, 3.8) is 0 Å². The molecule has 0 radical (unpaired) electrons. The highest BCUT2D eigenvalue weighted by Crippen LogP contribution is 2.43. The maximum Gasteiger partial charge on any atom is 0.337 e. The third-order valence-corrected chi connectivity index (χ3v) is 5.42. The summed E-state index contributed by atoms with van der Waals surface area (Å²) < 4.78 is 26.5. The number of ether oxygens (including phenoxy) is 4. The van der Waals surface area contributed by atoms with Crippen LogP contribution in [-0.2, 0) is 14.3 Å². The van der Waals surface area contributed by atoms with Crippen LogP contribution in [0.4, 0.5) is 0 Å². The molecule has 11 nitrogen and oxygen atoms in total. The first-order chi connectivity index (χ1) is 16.3. The van der Waals surface area contributed by atoms with Gasteiger partial charge in [0, 0.05) is 17.7 Å². The van der Waals surface area contributed by atoms with E-state index in [0.29, 0.717) is 5.56 Å². The summed E-state index contributed by atoms with van der Waals surface area (Å²) in [5.74, 6) is -1.86. The van der Waals surface area contributed by atoms with E-state index in [2.05, 4.69) is 4.74 Å². The highest BCUT2D eigenvalue weighted by Gasteiger charge is 2.48. The fourth-order valence-corrected chi connectivity index (χ4v) is 3.67. The van der Waals surface area contributed by atoms with Crippen LogP contribution in [0.5, 0.6) is 17.2 Å². The number of aliphatic hydroxyl groups excluding tert-OH is 3. The molecule has 1 aliphatic rings. The number of fused-ring (bicyclic) bond motifs is 1. The maximum absolute atomic E-state index is 12.8. The molecule has 0 unspecified atom stereocenters. The van der Waals surface area contributed by atoms with Gasteiger partial charge in [-0.25, -0.2) is 4.79 Å². The topological polar surface area (TPSA) is 165 Å². The van der Waals surface area contributed by atoms with Gasteiger partial charge in [0.15, 0.2) is 23.0 Å². The number of phenolic OH excluding ortho intramolecular Hbond substituents is 1. The third-order valence-electron chi connectivity index (χ3n) is 5.42. The number of hydrogen-bond donors (Lipinski definition) is 4. The zero-order valence-electron chi connectivity index (χ0n) is 18.1. The smallest absolute Gasteiger partial charge is 0.337 e. The van der Waals surface area contributed by atoms with Gasteiger partial charge in [0.25, 0.3) is 0 Å². The molecule has 1 saturated heterocycles. The molecule has 180 valence electrons. The Morgan fingerprint density at radius 2 is 1.71 bits per heavy atom. The molecule has 0 saturated carbocycles. The summed E-state index contributed by atoms with van der Waals surface area (Å²) in [4.78, 5) is 24.7. The van der Waals surface area contributed by atoms with Gasteiger partial charge in [-0.05, 0) is 0 Å². The van der Waals surface area contributed by atoms with Crippen molar-refractivity contribution in [3.8, 4) is 28.6 Å². The Morgan fingerprint density at radius 3 is 2.35 bits per heavy atom. The van der Waals surface area contributed by atoms with Crippen LogP contribution in [0.15, 0.2) is 51.7 Å². The van der Waals surface area contributed by atoms with E-state index in [1.54, 1.807) is 30.3 Å². The monoisotopic (exact) mass is 474 g/mol. The first kappa shape index (κ1) is 23.5. The maximum atomic E-state index is 12.8. The van der Waals surface area contributed by atoms with Crippen molar-refractivity contribution >= 4 is 16.9 Å². The first-order valence-corrected chi connectivity index (χ1v) is 10.1. The van der Waals surface area contributed by atoms with Gasteiger partial charge >= 0.3 is 5.97 Å². The summed E-state index contributed by atoms with van der Waals surface area (Å²) >= 11 is 0. The highest BCUT2D eigenvalue weighted by atomic mass is 16.7. The lowest BCUT2D eigenvalue weighted by Crippen LogP contribution is -2.61. The van der Waals surface area contributed by atoms with Crippen LogP contribution < -0.4 is 14.9 Å². The van der Waals surface area contributed by atoms with Crippen LogP contribution in [0.25, 0.3) is 22.3 Å². The molecule has 4 rings (SSSR count). The van der Waals surface area contributed by atoms with E-state index in [1.165, 1.54) is 19.2 Å². The van der Waals surface area contributed by atoms with Gasteiger partial charge in [0.1, 0.15) is 35.0 Å². The molecule has 0 spiro atoms. The molecule has 0 bridgehead atoms. The summed E-state index contributed by atoms with van der Waals surface area (Å²) in [5, 5.41) is 41.1. The van der Waals surface area contributed by atoms with Gasteiger partial charge in [-0.15, -0.1) is 0 Å². The molecule has 1 aromatic heterocycles. The summed E-state index contributed by atoms with van der Waals surface area (Å²) in [6.45, 7) is 0. The van der Waals surface area contributed by atoms with Crippen LogP contribution >= 0.6 is 0 Å². The summed E-state index contributed by atoms with van der Waals surface area (Å²) in [7, 11) is 2.27. The predicted molar refractivity (Wildman–Crippen MR) is 115 cm³/mol. The average molecular weight is 474 g/mol. The van der Waals surface area contributed by atoms with Crippen molar-refractivity contribution < 1.29 is 48.6 Å². The molecule has 11 heteroatoms. The standard InChI is InChI=1S/C23H22O11/c1-30-20-14(33-23-19(28)17(26)18(27)21(34-23)22(29)31-2)9-13-15(16(20)25)11(24)8-12(32-13)10-6-4-3-5-7-10/h3-9,17-19,21,23,25-28H,1-2H3/t17-,18-,19+,21-,23+/m1/s1. The van der Waals surface area contributed by atoms with E-state index in [1.807, 2.05) is 0 Å². The molecule has 2 heterocycles. The van der Waals surface area contributed by atoms with Crippen molar-refractivity contribution in [2.45, 2.75) is 30.7 Å². The molecule has 3 aromatic rings. The van der Waals surface area contributed by atoms with E-state index in [0.717, 1.165) is 7.11 Å². The molecule has 0 aliphatic carbocycles. The van der Waals surface area contributed by atoms with Crippen molar-refractivity contribution in [1.29, 1.82) is 0 Å². The zero-order chi connectivity index (χ0) is 24.6. The van der Waals surface area contributed by atoms with Crippen LogP contribution in [0.2, 0.25) is 0 Å². The van der Waals surface area contributed by atoms with Crippen molar-refractivity contribution in [1.82, 2.24) is 0 Å². The van der Waals surface area contributed by atoms with Gasteiger partial charge in [0.2, 0.25) is 12.0 Å². The van der Waals surface area contributed by atoms with Gasteiger partial charge in [-0.2, -0.15) is 0 Å². The number of rotatable bonds is 5. The van der Waals surface area contributed by atoms with E-state index in [9.17, 15) is 30.0 Å². The number of aromatic hydroxyl groups is 1. The molecule has 1 aliphatic heterocycles. The van der Waals surface area contributed by atoms with Gasteiger partial charge in [-0.1, -0.05) is 30.3 Å². The molecule has 2 aromatic carbocycles. The number of aliphatic hydroxyl groups is 3. The van der Waals surface area contributed by atoms with E-state index >= 15 is 0 Å². The van der Waals surface area contributed by atoms with Gasteiger partial charge in [-0.3, -0.25) is 4.79 Å². The van der Waals surface area contributed by atoms with Crippen molar-refractivity contribution in [3.05, 3.63) is 52.7 Å². The van der Waals surface area contributed by atoms with Crippen LogP contribution in [0.1, 0.15) is 0 Å². The largest absolute Gasteiger partial charge is 0.504 e. The van der Waals surface area contributed by atoms with E-state index in [4.69, 9.17) is 18.6 Å². The van der Waals surface area contributed by atoms with Crippen molar-refractivity contribution in [2.75, 3.05) is 14.2 Å². The number of carbonyl (C=O) groups is 1. The molecular formula is C23H22O11. The third kappa shape index (κ3) is 4.05. The fourth-order valence-electron chi connectivity index (χ4n) is 3.67. The minimum Gasteiger partial charge on any atom is -0.504 e. The lowest BCUT2D eigenvalue weighted by atomic mass is 9.99. The SMILES string of the molecule is COC(=O)[C@@H]1O[C@H](Oc2cc3oc(-c4ccccc4)cc(=O)c3c(O)c2OC)[C@@H](O)[C@H](O)[C@H]1O. The normalized spacial score (nSPS) is 24.6. The zero-order valence-corrected chi connectivity index (χ0v) is 18.1.